The molecular formula is C5H4INO2. The van der Waals surface area contributed by atoms with Crippen molar-refractivity contribution < 1.29 is 9.21 Å². The Bertz CT molecular complexity index is 211. The van der Waals surface area contributed by atoms with Crippen LogP contribution in [0.15, 0.2) is 4.42 Å². The maximum absolute atomic E-state index is 10.0. The van der Waals surface area contributed by atoms with Crippen LogP contribution in [0.3, 0.4) is 0 Å². The van der Waals surface area contributed by atoms with Crippen LogP contribution in [-0.2, 0) is 0 Å². The number of halogens is 1. The summed E-state index contributed by atoms with van der Waals surface area (Å²) < 4.78 is 5.62. The minimum atomic E-state index is 0.150. The smallest absolute Gasteiger partial charge is 0.261 e. The molecule has 1 aromatic rings. The third kappa shape index (κ3) is 1.29. The zero-order chi connectivity index (χ0) is 6.85. The number of nitrogens with zero attached hydrogens (tertiary/aromatic N) is 1. The van der Waals surface area contributed by atoms with E-state index in [1.165, 1.54) is 0 Å². The largest absolute Gasteiger partial charge is 0.438 e. The molecule has 0 saturated carbocycles. The molecule has 0 aliphatic rings. The Kier molecular flexibility index (Phi) is 1.84. The first-order valence-corrected chi connectivity index (χ1v) is 3.40. The van der Waals surface area contributed by atoms with E-state index in [1.807, 2.05) is 22.6 Å². The van der Waals surface area contributed by atoms with Crippen LogP contribution >= 0.6 is 22.6 Å². The van der Waals surface area contributed by atoms with Crippen molar-refractivity contribution in [2.24, 2.45) is 0 Å². The monoisotopic (exact) mass is 237 g/mol. The predicted octanol–water partition coefficient (Wildman–Crippen LogP) is 1.40. The Morgan fingerprint density at radius 2 is 2.44 bits per heavy atom. The van der Waals surface area contributed by atoms with Gasteiger partial charge in [-0.3, -0.25) is 4.79 Å². The molecule has 0 fully saturated rings. The van der Waals surface area contributed by atoms with Crippen molar-refractivity contribution in [2.45, 2.75) is 6.92 Å². The summed E-state index contributed by atoms with van der Waals surface area (Å²) in [4.78, 5) is 13.8. The molecule has 0 atom stereocenters. The number of hydrogen-bond acceptors (Lipinski definition) is 3. The van der Waals surface area contributed by atoms with Crippen molar-refractivity contribution in [1.82, 2.24) is 4.98 Å². The molecule has 1 aromatic heterocycles. The van der Waals surface area contributed by atoms with Gasteiger partial charge in [0.25, 0.3) is 5.89 Å². The third-order valence-corrected chi connectivity index (χ3v) is 1.86. The number of aromatic nitrogens is 1. The van der Waals surface area contributed by atoms with E-state index in [0.29, 0.717) is 12.0 Å². The second-order valence-electron chi connectivity index (χ2n) is 1.52. The Hall–Kier alpha value is -0.390. The topological polar surface area (TPSA) is 43.1 Å². The molecule has 0 radical (unpaired) electrons. The number of carbonyl (C=O) groups is 1. The minimum Gasteiger partial charge on any atom is -0.438 e. The number of rotatable bonds is 1. The summed E-state index contributed by atoms with van der Waals surface area (Å²) in [5.74, 6) is 0.842. The summed E-state index contributed by atoms with van der Waals surface area (Å²) in [6, 6.07) is 0. The van der Waals surface area contributed by atoms with Crippen molar-refractivity contribution in [3.63, 3.8) is 0 Å². The molecule has 0 aliphatic carbocycles. The van der Waals surface area contributed by atoms with Crippen LogP contribution in [0, 0.1) is 10.6 Å². The molecule has 0 amide bonds. The molecular weight excluding hydrogens is 233 g/mol. The van der Waals surface area contributed by atoms with Crippen LogP contribution in [0.1, 0.15) is 16.4 Å². The highest BCUT2D eigenvalue weighted by Crippen LogP contribution is 2.09. The maximum atomic E-state index is 10.0. The molecule has 1 rings (SSSR count). The number of aldehydes is 1. The highest BCUT2D eigenvalue weighted by atomic mass is 127. The van der Waals surface area contributed by atoms with Gasteiger partial charge in [0.2, 0.25) is 6.29 Å². The molecule has 0 unspecified atom stereocenters. The van der Waals surface area contributed by atoms with E-state index in [0.717, 1.165) is 3.70 Å². The molecule has 48 valence electrons. The highest BCUT2D eigenvalue weighted by molar-refractivity contribution is 14.1. The number of oxazole rings is 1. The second-order valence-corrected chi connectivity index (χ2v) is 2.54. The van der Waals surface area contributed by atoms with Crippen LogP contribution < -0.4 is 0 Å². The first kappa shape index (κ1) is 6.73. The number of carbonyl (C=O) groups excluding carboxylic acids is 1. The van der Waals surface area contributed by atoms with Gasteiger partial charge in [-0.2, -0.15) is 0 Å². The molecule has 0 aromatic carbocycles. The zero-order valence-corrected chi connectivity index (χ0v) is 6.88. The van der Waals surface area contributed by atoms with Gasteiger partial charge in [0.05, 0.1) is 0 Å². The Balaban J connectivity index is 3.11. The van der Waals surface area contributed by atoms with Crippen LogP contribution in [0.5, 0.6) is 0 Å². The van der Waals surface area contributed by atoms with E-state index in [1.54, 1.807) is 6.92 Å². The lowest BCUT2D eigenvalue weighted by Crippen LogP contribution is -1.76. The lowest BCUT2D eigenvalue weighted by atomic mass is 10.6. The molecule has 0 bridgehead atoms. The van der Waals surface area contributed by atoms with Crippen LogP contribution in [0.4, 0.5) is 0 Å². The van der Waals surface area contributed by atoms with Crippen LogP contribution in [0.25, 0.3) is 0 Å². The van der Waals surface area contributed by atoms with Gasteiger partial charge in [0.1, 0.15) is 9.46 Å². The van der Waals surface area contributed by atoms with Gasteiger partial charge in [-0.1, -0.05) is 0 Å². The van der Waals surface area contributed by atoms with Gasteiger partial charge >= 0.3 is 0 Å². The van der Waals surface area contributed by atoms with Gasteiger partial charge in [0.15, 0.2) is 0 Å². The van der Waals surface area contributed by atoms with Crippen LogP contribution in [-0.4, -0.2) is 11.3 Å². The van der Waals surface area contributed by atoms with E-state index in [9.17, 15) is 4.79 Å². The fourth-order valence-electron chi connectivity index (χ4n) is 0.448. The third-order valence-electron chi connectivity index (χ3n) is 0.857. The number of hydrogen-bond donors (Lipinski definition) is 0. The van der Waals surface area contributed by atoms with E-state index >= 15 is 0 Å². The summed E-state index contributed by atoms with van der Waals surface area (Å²) in [6.07, 6.45) is 0.592. The number of aryl methyl sites for hydroxylation is 1. The van der Waals surface area contributed by atoms with Crippen molar-refractivity contribution in [3.05, 3.63) is 15.4 Å². The lowest BCUT2D eigenvalue weighted by molar-refractivity contribution is 0.109. The van der Waals surface area contributed by atoms with E-state index in [2.05, 4.69) is 4.98 Å². The molecule has 0 aliphatic heterocycles. The molecule has 4 heteroatoms. The van der Waals surface area contributed by atoms with Gasteiger partial charge < -0.3 is 4.42 Å². The Morgan fingerprint density at radius 1 is 1.78 bits per heavy atom. The molecule has 0 spiro atoms. The maximum Gasteiger partial charge on any atom is 0.261 e. The molecule has 3 nitrogen and oxygen atoms in total. The normalized spacial score (nSPS) is 9.56. The highest BCUT2D eigenvalue weighted by Gasteiger charge is 2.03. The molecule has 0 saturated heterocycles. The van der Waals surface area contributed by atoms with E-state index in [4.69, 9.17) is 4.42 Å². The average molecular weight is 237 g/mol. The van der Waals surface area contributed by atoms with Gasteiger partial charge in [-0.15, -0.1) is 0 Å². The summed E-state index contributed by atoms with van der Waals surface area (Å²) in [7, 11) is 0. The fraction of sp³-hybridized carbons (Fsp3) is 0.200. The molecule has 0 N–H and O–H groups in total. The molecule has 9 heavy (non-hydrogen) atoms. The van der Waals surface area contributed by atoms with Gasteiger partial charge in [-0.25, -0.2) is 4.98 Å². The van der Waals surface area contributed by atoms with Crippen LogP contribution in [0.2, 0.25) is 0 Å². The minimum absolute atomic E-state index is 0.150. The lowest BCUT2D eigenvalue weighted by Gasteiger charge is -1.75. The Morgan fingerprint density at radius 3 is 2.67 bits per heavy atom. The van der Waals surface area contributed by atoms with Gasteiger partial charge in [-0.05, 0) is 29.5 Å². The Labute approximate surface area is 65.6 Å². The van der Waals surface area contributed by atoms with Crippen molar-refractivity contribution >= 4 is 28.9 Å². The summed E-state index contributed by atoms with van der Waals surface area (Å²) in [5, 5.41) is 0. The SMILES string of the molecule is Cc1oc(C=O)nc1I. The average Bonchev–Trinajstić information content (AvgIpc) is 2.13. The zero-order valence-electron chi connectivity index (χ0n) is 4.72. The summed E-state index contributed by atoms with van der Waals surface area (Å²) in [6.45, 7) is 1.77. The van der Waals surface area contributed by atoms with Gasteiger partial charge in [0, 0.05) is 0 Å². The standard InChI is InChI=1S/C5H4INO2/c1-3-5(6)7-4(2-8)9-3/h2H,1H3. The first-order chi connectivity index (χ1) is 4.24. The van der Waals surface area contributed by atoms with Crippen molar-refractivity contribution in [2.75, 3.05) is 0 Å². The van der Waals surface area contributed by atoms with Crippen molar-refractivity contribution in [3.8, 4) is 0 Å². The van der Waals surface area contributed by atoms with E-state index < -0.39 is 0 Å². The summed E-state index contributed by atoms with van der Waals surface area (Å²) in [5.41, 5.74) is 0. The fourth-order valence-corrected chi connectivity index (χ4v) is 0.796. The summed E-state index contributed by atoms with van der Waals surface area (Å²) >= 11 is 2.00. The molecule has 1 heterocycles. The second kappa shape index (κ2) is 2.47. The van der Waals surface area contributed by atoms with Crippen molar-refractivity contribution in [1.29, 1.82) is 0 Å². The quantitative estimate of drug-likeness (QED) is 0.547. The van der Waals surface area contributed by atoms with E-state index in [-0.39, 0.29) is 5.89 Å². The predicted molar refractivity (Wildman–Crippen MR) is 39.3 cm³/mol. The first-order valence-electron chi connectivity index (χ1n) is 2.32.